The number of aryl methyl sites for hydroxylation is 2. The Bertz CT molecular complexity index is 1040. The molecule has 0 aromatic carbocycles. The fourth-order valence-electron chi connectivity index (χ4n) is 4.26. The van der Waals surface area contributed by atoms with Gasteiger partial charge < -0.3 is 24.4 Å². The number of ether oxygens (including phenoxy) is 1. The Morgan fingerprint density at radius 1 is 1.06 bits per heavy atom. The number of nitrogens with one attached hydrogen (secondary N) is 1. The quantitative estimate of drug-likeness (QED) is 0.722. The minimum Gasteiger partial charge on any atom is -0.378 e. The molecule has 0 spiro atoms. The van der Waals surface area contributed by atoms with Crippen LogP contribution in [0.15, 0.2) is 16.9 Å². The number of hydrogen-bond donors (Lipinski definition) is 1. The van der Waals surface area contributed by atoms with Gasteiger partial charge >= 0.3 is 0 Å². The van der Waals surface area contributed by atoms with Crippen LogP contribution in [0.3, 0.4) is 0 Å². The highest BCUT2D eigenvalue weighted by atomic mass is 16.5. The Labute approximate surface area is 188 Å². The van der Waals surface area contributed by atoms with Gasteiger partial charge in [-0.3, -0.25) is 9.59 Å². The van der Waals surface area contributed by atoms with Crippen LogP contribution >= 0.6 is 0 Å². The Morgan fingerprint density at radius 3 is 2.50 bits per heavy atom. The first-order valence-electron chi connectivity index (χ1n) is 11.3. The van der Waals surface area contributed by atoms with Crippen molar-refractivity contribution in [1.29, 1.82) is 0 Å². The molecule has 1 amide bonds. The van der Waals surface area contributed by atoms with E-state index in [9.17, 15) is 9.59 Å². The van der Waals surface area contributed by atoms with Crippen LogP contribution in [0.4, 0.5) is 11.8 Å². The molecule has 2 aliphatic heterocycles. The average molecular weight is 441 g/mol. The first-order valence-corrected chi connectivity index (χ1v) is 11.3. The van der Waals surface area contributed by atoms with Crippen LogP contribution in [0.2, 0.25) is 0 Å². The maximum absolute atomic E-state index is 12.7. The largest absolute Gasteiger partial charge is 0.378 e. The molecular weight excluding hydrogens is 408 g/mol. The molecule has 2 aromatic rings. The summed E-state index contributed by atoms with van der Waals surface area (Å²) in [4.78, 5) is 39.4. The molecule has 32 heavy (non-hydrogen) atoms. The lowest BCUT2D eigenvalue weighted by Crippen LogP contribution is -2.37. The zero-order valence-corrected chi connectivity index (χ0v) is 19.2. The molecular formula is C23H32N6O3. The number of aromatic nitrogens is 3. The van der Waals surface area contributed by atoms with E-state index in [0.29, 0.717) is 31.7 Å². The van der Waals surface area contributed by atoms with E-state index >= 15 is 0 Å². The summed E-state index contributed by atoms with van der Waals surface area (Å²) in [7, 11) is 1.68. The van der Waals surface area contributed by atoms with Crippen molar-refractivity contribution >= 4 is 17.7 Å². The molecule has 4 heterocycles. The van der Waals surface area contributed by atoms with Gasteiger partial charge in [-0.15, -0.1) is 0 Å². The van der Waals surface area contributed by atoms with Crippen LogP contribution in [0, 0.1) is 13.8 Å². The first-order chi connectivity index (χ1) is 15.4. The van der Waals surface area contributed by atoms with Crippen LogP contribution in [-0.4, -0.2) is 66.4 Å². The van der Waals surface area contributed by atoms with Gasteiger partial charge in [0.15, 0.2) is 0 Å². The number of carbonyl (C=O) groups is 1. The zero-order valence-electron chi connectivity index (χ0n) is 19.2. The second-order valence-electron chi connectivity index (χ2n) is 8.52. The molecule has 2 fully saturated rings. The highest BCUT2D eigenvalue weighted by Crippen LogP contribution is 2.22. The summed E-state index contributed by atoms with van der Waals surface area (Å²) >= 11 is 0. The predicted molar refractivity (Wildman–Crippen MR) is 124 cm³/mol. The van der Waals surface area contributed by atoms with Gasteiger partial charge in [-0.1, -0.05) is 0 Å². The molecule has 2 aliphatic rings. The standard InChI is InChI=1S/C23H32N6O3/c1-16-14-17(2)27(3)22(31)20(16)21(30)24-7-6-18-15-19(28-10-12-32-13-11-28)26-23(25-18)29-8-4-5-9-29/h14-15H,4-13H2,1-3H3,(H,24,30). The van der Waals surface area contributed by atoms with Crippen molar-refractivity contribution in [3.63, 3.8) is 0 Å². The van der Waals surface area contributed by atoms with E-state index in [-0.39, 0.29) is 17.0 Å². The summed E-state index contributed by atoms with van der Waals surface area (Å²) in [5.74, 6) is 1.33. The Kier molecular flexibility index (Phi) is 6.74. The second-order valence-corrected chi connectivity index (χ2v) is 8.52. The molecule has 0 saturated carbocycles. The smallest absolute Gasteiger partial charge is 0.263 e. The topological polar surface area (TPSA) is 92.6 Å². The summed E-state index contributed by atoms with van der Waals surface area (Å²) in [6.45, 7) is 9.00. The Hall–Kier alpha value is -2.94. The van der Waals surface area contributed by atoms with E-state index in [1.165, 1.54) is 4.57 Å². The molecule has 0 aliphatic carbocycles. The van der Waals surface area contributed by atoms with E-state index < -0.39 is 0 Å². The van der Waals surface area contributed by atoms with E-state index in [1.807, 2.05) is 19.1 Å². The van der Waals surface area contributed by atoms with Gasteiger partial charge in [0.2, 0.25) is 5.95 Å². The van der Waals surface area contributed by atoms with Crippen LogP contribution in [0.25, 0.3) is 0 Å². The van der Waals surface area contributed by atoms with Crippen molar-refractivity contribution in [2.45, 2.75) is 33.1 Å². The van der Waals surface area contributed by atoms with Crippen molar-refractivity contribution < 1.29 is 9.53 Å². The van der Waals surface area contributed by atoms with Gasteiger partial charge in [0.1, 0.15) is 11.4 Å². The van der Waals surface area contributed by atoms with Crippen LogP contribution in [0.5, 0.6) is 0 Å². The summed E-state index contributed by atoms with van der Waals surface area (Å²) in [5, 5.41) is 2.90. The molecule has 172 valence electrons. The van der Waals surface area contributed by atoms with Crippen LogP contribution in [0.1, 0.15) is 40.2 Å². The van der Waals surface area contributed by atoms with Gasteiger partial charge in [0, 0.05) is 63.6 Å². The highest BCUT2D eigenvalue weighted by molar-refractivity contribution is 5.95. The Balaban J connectivity index is 1.49. The lowest BCUT2D eigenvalue weighted by molar-refractivity contribution is 0.0951. The lowest BCUT2D eigenvalue weighted by Gasteiger charge is -2.29. The Morgan fingerprint density at radius 2 is 1.78 bits per heavy atom. The molecule has 4 rings (SSSR count). The van der Waals surface area contributed by atoms with Crippen LogP contribution in [-0.2, 0) is 18.2 Å². The first kappa shape index (κ1) is 22.3. The van der Waals surface area contributed by atoms with Gasteiger partial charge in [-0.25, -0.2) is 4.98 Å². The fraction of sp³-hybridized carbons (Fsp3) is 0.565. The van der Waals surface area contributed by atoms with Gasteiger partial charge in [-0.2, -0.15) is 4.98 Å². The highest BCUT2D eigenvalue weighted by Gasteiger charge is 2.20. The van der Waals surface area contributed by atoms with Crippen molar-refractivity contribution in [3.05, 3.63) is 45.0 Å². The van der Waals surface area contributed by atoms with E-state index in [0.717, 1.165) is 62.2 Å². The lowest BCUT2D eigenvalue weighted by atomic mass is 10.1. The minimum atomic E-state index is -0.342. The monoisotopic (exact) mass is 440 g/mol. The van der Waals surface area contributed by atoms with Crippen molar-refractivity contribution in [2.24, 2.45) is 7.05 Å². The van der Waals surface area contributed by atoms with Gasteiger partial charge in [-0.05, 0) is 38.3 Å². The fourth-order valence-corrected chi connectivity index (χ4v) is 4.26. The number of pyridine rings is 1. The third kappa shape index (κ3) is 4.77. The molecule has 0 atom stereocenters. The number of amides is 1. The molecule has 0 bridgehead atoms. The van der Waals surface area contributed by atoms with E-state index in [4.69, 9.17) is 14.7 Å². The number of morpholine rings is 1. The van der Waals surface area contributed by atoms with E-state index in [2.05, 4.69) is 15.1 Å². The zero-order chi connectivity index (χ0) is 22.7. The van der Waals surface area contributed by atoms with Crippen molar-refractivity contribution in [1.82, 2.24) is 19.9 Å². The van der Waals surface area contributed by atoms with Gasteiger partial charge in [0.05, 0.1) is 13.2 Å². The summed E-state index contributed by atoms with van der Waals surface area (Å²) < 4.78 is 6.98. The SMILES string of the molecule is Cc1cc(C)n(C)c(=O)c1C(=O)NCCc1cc(N2CCOCC2)nc(N2CCCC2)n1. The summed E-state index contributed by atoms with van der Waals surface area (Å²) in [6, 6.07) is 3.87. The summed E-state index contributed by atoms with van der Waals surface area (Å²) in [6.07, 6.45) is 2.88. The van der Waals surface area contributed by atoms with Gasteiger partial charge in [0.25, 0.3) is 11.5 Å². The third-order valence-corrected chi connectivity index (χ3v) is 6.24. The third-order valence-electron chi connectivity index (χ3n) is 6.24. The number of nitrogens with zero attached hydrogens (tertiary/aromatic N) is 5. The predicted octanol–water partition coefficient (Wildman–Crippen LogP) is 1.20. The molecule has 2 saturated heterocycles. The number of rotatable bonds is 6. The molecule has 9 nitrogen and oxygen atoms in total. The molecule has 0 unspecified atom stereocenters. The average Bonchev–Trinajstić information content (AvgIpc) is 3.33. The molecule has 9 heteroatoms. The van der Waals surface area contributed by atoms with Crippen molar-refractivity contribution in [2.75, 3.05) is 55.7 Å². The maximum atomic E-state index is 12.7. The number of carbonyl (C=O) groups excluding carboxylic acids is 1. The summed E-state index contributed by atoms with van der Waals surface area (Å²) in [5.41, 5.74) is 2.34. The molecule has 0 radical (unpaired) electrons. The normalized spacial score (nSPS) is 16.5. The second kappa shape index (κ2) is 9.68. The number of anilines is 2. The van der Waals surface area contributed by atoms with Crippen LogP contribution < -0.4 is 20.7 Å². The number of hydrogen-bond acceptors (Lipinski definition) is 7. The minimum absolute atomic E-state index is 0.201. The maximum Gasteiger partial charge on any atom is 0.263 e. The van der Waals surface area contributed by atoms with Crippen molar-refractivity contribution in [3.8, 4) is 0 Å². The van der Waals surface area contributed by atoms with E-state index in [1.54, 1.807) is 14.0 Å². The molecule has 2 aromatic heterocycles. The molecule has 1 N–H and O–H groups in total.